The van der Waals surface area contributed by atoms with Gasteiger partial charge in [-0.05, 0) is 56.1 Å². The molecule has 2 aromatic rings. The van der Waals surface area contributed by atoms with Gasteiger partial charge in [0, 0.05) is 18.0 Å². The molecule has 0 radical (unpaired) electrons. The number of benzene rings is 1. The highest BCUT2D eigenvalue weighted by Crippen LogP contribution is 2.37. The predicted molar refractivity (Wildman–Crippen MR) is 89.4 cm³/mol. The molecule has 0 bridgehead atoms. The van der Waals surface area contributed by atoms with Crippen molar-refractivity contribution >= 4 is 0 Å². The fourth-order valence-corrected chi connectivity index (χ4v) is 3.21. The van der Waals surface area contributed by atoms with Crippen LogP contribution in [0, 0.1) is 12.8 Å². The van der Waals surface area contributed by atoms with Gasteiger partial charge in [-0.15, -0.1) is 5.10 Å². The second-order valence-corrected chi connectivity index (χ2v) is 6.58. The van der Waals surface area contributed by atoms with Crippen LogP contribution in [0.1, 0.15) is 35.8 Å². The monoisotopic (exact) mass is 367 g/mol. The lowest BCUT2D eigenvalue weighted by Crippen LogP contribution is -2.33. The Kier molecular flexibility index (Phi) is 5.15. The van der Waals surface area contributed by atoms with Crippen molar-refractivity contribution < 1.29 is 23.4 Å². The maximum absolute atomic E-state index is 12.7. The highest BCUT2D eigenvalue weighted by Gasteiger charge is 2.31. The maximum Gasteiger partial charge on any atom is 0.416 e. The van der Waals surface area contributed by atoms with E-state index in [-0.39, 0.29) is 17.2 Å². The summed E-state index contributed by atoms with van der Waals surface area (Å²) in [4.78, 5) is 0. The van der Waals surface area contributed by atoms with Crippen LogP contribution in [0.4, 0.5) is 13.2 Å². The number of halogens is 3. The molecular weight excluding hydrogens is 347 g/mol. The number of hydrogen-bond donors (Lipinski definition) is 3. The number of aliphatic hydroxyl groups is 1. The SMILES string of the molecule is Cc1cc([C@H](O)[C@@H]2CCCNC2)nnc1-c1ccc(C(F)(F)F)cc1O. The molecule has 3 rings (SSSR count). The summed E-state index contributed by atoms with van der Waals surface area (Å²) in [5, 5.41) is 31.8. The zero-order valence-electron chi connectivity index (χ0n) is 14.2. The summed E-state index contributed by atoms with van der Waals surface area (Å²) in [6.07, 6.45) is -3.43. The number of piperidine rings is 1. The first-order valence-electron chi connectivity index (χ1n) is 8.41. The van der Waals surface area contributed by atoms with E-state index < -0.39 is 23.6 Å². The lowest BCUT2D eigenvalue weighted by molar-refractivity contribution is -0.137. The van der Waals surface area contributed by atoms with Crippen LogP contribution in [0.25, 0.3) is 11.3 Å². The topological polar surface area (TPSA) is 78.3 Å². The molecule has 1 aliphatic rings. The summed E-state index contributed by atoms with van der Waals surface area (Å²) in [6.45, 7) is 3.35. The highest BCUT2D eigenvalue weighted by atomic mass is 19.4. The quantitative estimate of drug-likeness (QED) is 0.777. The van der Waals surface area contributed by atoms with Crippen LogP contribution in [-0.4, -0.2) is 33.5 Å². The molecule has 140 valence electrons. The first-order chi connectivity index (χ1) is 12.3. The first kappa shape index (κ1) is 18.6. The Morgan fingerprint density at radius 2 is 2.00 bits per heavy atom. The molecule has 0 saturated carbocycles. The van der Waals surface area contributed by atoms with Gasteiger partial charge >= 0.3 is 6.18 Å². The summed E-state index contributed by atoms with van der Waals surface area (Å²) < 4.78 is 38.2. The molecule has 1 aromatic carbocycles. The number of aromatic nitrogens is 2. The molecule has 3 N–H and O–H groups in total. The van der Waals surface area contributed by atoms with Gasteiger partial charge < -0.3 is 15.5 Å². The van der Waals surface area contributed by atoms with Crippen LogP contribution in [0.2, 0.25) is 0 Å². The standard InChI is InChI=1S/C18H20F3N3O2/c1-10-7-14(17(26)11-3-2-6-22-9-11)23-24-16(10)13-5-4-12(8-15(13)25)18(19,20)21/h4-5,7-8,11,17,22,25-26H,2-3,6,9H2,1H3/t11-,17-/m1/s1. The van der Waals surface area contributed by atoms with E-state index in [1.165, 1.54) is 6.07 Å². The smallest absolute Gasteiger partial charge is 0.416 e. The van der Waals surface area contributed by atoms with Gasteiger partial charge in [-0.2, -0.15) is 18.3 Å². The van der Waals surface area contributed by atoms with Gasteiger partial charge in [0.05, 0.1) is 17.0 Å². The van der Waals surface area contributed by atoms with E-state index in [2.05, 4.69) is 15.5 Å². The van der Waals surface area contributed by atoms with Gasteiger partial charge in [-0.25, -0.2) is 0 Å². The molecule has 8 heteroatoms. The number of aryl methyl sites for hydroxylation is 1. The summed E-state index contributed by atoms with van der Waals surface area (Å²) in [5.41, 5.74) is 0.567. The molecule has 0 spiro atoms. The maximum atomic E-state index is 12.7. The second-order valence-electron chi connectivity index (χ2n) is 6.58. The third-order valence-electron chi connectivity index (χ3n) is 4.67. The molecule has 1 saturated heterocycles. The van der Waals surface area contributed by atoms with Crippen LogP contribution in [0.15, 0.2) is 24.3 Å². The van der Waals surface area contributed by atoms with Crippen LogP contribution in [0.5, 0.6) is 5.75 Å². The number of nitrogens with zero attached hydrogens (tertiary/aromatic N) is 2. The van der Waals surface area contributed by atoms with Crippen molar-refractivity contribution in [1.82, 2.24) is 15.5 Å². The lowest BCUT2D eigenvalue weighted by atomic mass is 9.91. The molecule has 0 unspecified atom stereocenters. The molecule has 1 aliphatic heterocycles. The molecule has 0 aliphatic carbocycles. The Bertz CT molecular complexity index is 790. The molecule has 1 aromatic heterocycles. The van der Waals surface area contributed by atoms with Crippen molar-refractivity contribution in [2.24, 2.45) is 5.92 Å². The number of rotatable bonds is 3. The normalized spacial score (nSPS) is 19.3. The Labute approximate surface area is 148 Å². The largest absolute Gasteiger partial charge is 0.507 e. The van der Waals surface area contributed by atoms with E-state index in [1.807, 2.05) is 0 Å². The summed E-state index contributed by atoms with van der Waals surface area (Å²) in [6, 6.07) is 4.41. The van der Waals surface area contributed by atoms with Crippen LogP contribution in [-0.2, 0) is 6.18 Å². The van der Waals surface area contributed by atoms with Crippen LogP contribution >= 0.6 is 0 Å². The Morgan fingerprint density at radius 1 is 1.23 bits per heavy atom. The van der Waals surface area contributed by atoms with Crippen molar-refractivity contribution in [1.29, 1.82) is 0 Å². The van der Waals surface area contributed by atoms with Gasteiger partial charge in [0.25, 0.3) is 0 Å². The zero-order valence-corrected chi connectivity index (χ0v) is 14.2. The van der Waals surface area contributed by atoms with E-state index in [1.54, 1.807) is 13.0 Å². The molecule has 26 heavy (non-hydrogen) atoms. The van der Waals surface area contributed by atoms with E-state index >= 15 is 0 Å². The molecule has 1 fully saturated rings. The van der Waals surface area contributed by atoms with Crippen molar-refractivity contribution in [3.05, 3.63) is 41.1 Å². The van der Waals surface area contributed by atoms with Gasteiger partial charge in [-0.1, -0.05) is 0 Å². The predicted octanol–water partition coefficient (Wildman–Crippen LogP) is 3.21. The lowest BCUT2D eigenvalue weighted by Gasteiger charge is -2.27. The average Bonchev–Trinajstić information content (AvgIpc) is 2.61. The molecular formula is C18H20F3N3O2. The van der Waals surface area contributed by atoms with E-state index in [0.717, 1.165) is 25.5 Å². The second kappa shape index (κ2) is 7.20. The number of nitrogens with one attached hydrogen (secondary N) is 1. The Balaban J connectivity index is 1.88. The molecule has 5 nitrogen and oxygen atoms in total. The fraction of sp³-hybridized carbons (Fsp3) is 0.444. The van der Waals surface area contributed by atoms with Gasteiger partial charge in [0.15, 0.2) is 0 Å². The van der Waals surface area contributed by atoms with Crippen LogP contribution < -0.4 is 5.32 Å². The number of phenolic OH excluding ortho intramolecular Hbond substituents is 1. The number of aliphatic hydroxyl groups excluding tert-OH is 1. The highest BCUT2D eigenvalue weighted by molar-refractivity contribution is 5.69. The number of alkyl halides is 3. The third kappa shape index (κ3) is 3.81. The minimum Gasteiger partial charge on any atom is -0.507 e. The average molecular weight is 367 g/mol. The summed E-state index contributed by atoms with van der Waals surface area (Å²) in [7, 11) is 0. The molecule has 2 atom stereocenters. The minimum atomic E-state index is -4.53. The zero-order chi connectivity index (χ0) is 18.9. The van der Waals surface area contributed by atoms with Crippen molar-refractivity contribution in [3.63, 3.8) is 0 Å². The summed E-state index contributed by atoms with van der Waals surface area (Å²) in [5.74, 6) is -0.468. The van der Waals surface area contributed by atoms with Gasteiger partial charge in [0.2, 0.25) is 0 Å². The number of hydrogen-bond acceptors (Lipinski definition) is 5. The van der Waals surface area contributed by atoms with Crippen LogP contribution in [0.3, 0.4) is 0 Å². The van der Waals surface area contributed by atoms with E-state index in [9.17, 15) is 23.4 Å². The number of phenols is 1. The Morgan fingerprint density at radius 3 is 2.58 bits per heavy atom. The van der Waals surface area contributed by atoms with Crippen molar-refractivity contribution in [2.75, 3.05) is 13.1 Å². The molecule has 0 amide bonds. The number of aromatic hydroxyl groups is 1. The minimum absolute atomic E-state index is 0.0442. The fourth-order valence-electron chi connectivity index (χ4n) is 3.21. The Hall–Kier alpha value is -2.19. The van der Waals surface area contributed by atoms with Gasteiger partial charge in [-0.3, -0.25) is 0 Å². The van der Waals surface area contributed by atoms with Gasteiger partial charge in [0.1, 0.15) is 11.9 Å². The van der Waals surface area contributed by atoms with E-state index in [0.29, 0.717) is 23.9 Å². The first-order valence-corrected chi connectivity index (χ1v) is 8.41. The molecule has 2 heterocycles. The summed E-state index contributed by atoms with van der Waals surface area (Å²) >= 11 is 0. The van der Waals surface area contributed by atoms with E-state index in [4.69, 9.17) is 0 Å². The van der Waals surface area contributed by atoms with Crippen molar-refractivity contribution in [2.45, 2.75) is 32.0 Å². The van der Waals surface area contributed by atoms with Crippen molar-refractivity contribution in [3.8, 4) is 17.0 Å². The third-order valence-corrected chi connectivity index (χ3v) is 4.67.